The summed E-state index contributed by atoms with van der Waals surface area (Å²) in [5, 5.41) is 2.74. The van der Waals surface area contributed by atoms with Crippen LogP contribution in [-0.2, 0) is 16.0 Å². The number of carbonyl (C=O) groups is 3. The molecule has 0 saturated carbocycles. The van der Waals surface area contributed by atoms with Crippen molar-refractivity contribution in [2.24, 2.45) is 5.92 Å². The molecule has 31 heavy (non-hydrogen) atoms. The fourth-order valence-corrected chi connectivity index (χ4v) is 4.02. The molecule has 2 aliphatic heterocycles. The highest BCUT2D eigenvalue weighted by Gasteiger charge is 2.29. The van der Waals surface area contributed by atoms with Gasteiger partial charge in [-0.3, -0.25) is 14.4 Å². The largest absolute Gasteiger partial charge is 0.494 e. The number of Topliss-reactive ketones (excluding diaryl/α,β-unsaturated/α-hetero) is 1. The lowest BCUT2D eigenvalue weighted by atomic mass is 9.88. The molecule has 0 aliphatic carbocycles. The summed E-state index contributed by atoms with van der Waals surface area (Å²) < 4.78 is 10.8. The minimum absolute atomic E-state index is 0.0105. The fraction of sp³-hybridized carbons (Fsp3) is 0.375. The molecule has 0 aromatic heterocycles. The molecule has 2 amide bonds. The van der Waals surface area contributed by atoms with Crippen LogP contribution < -0.4 is 14.8 Å². The molecule has 0 unspecified atom stereocenters. The Morgan fingerprint density at radius 2 is 1.87 bits per heavy atom. The standard InChI is InChI=1S/C24H26N2O5/c1-2-30-19-6-3-16(4-7-19)13-23(28)26-11-9-17(10-12-26)24(29)18-5-8-21-20(14-18)25-22(27)15-31-21/h3-8,14,17H,2,9-13,15H2,1H3,(H,25,27). The van der Waals surface area contributed by atoms with E-state index in [-0.39, 0.29) is 30.1 Å². The number of benzene rings is 2. The zero-order valence-corrected chi connectivity index (χ0v) is 17.6. The average molecular weight is 422 g/mol. The van der Waals surface area contributed by atoms with Gasteiger partial charge in [0.2, 0.25) is 5.91 Å². The molecule has 0 spiro atoms. The highest BCUT2D eigenvalue weighted by molar-refractivity contribution is 6.01. The van der Waals surface area contributed by atoms with Crippen LogP contribution in [0.3, 0.4) is 0 Å². The van der Waals surface area contributed by atoms with Gasteiger partial charge in [-0.05, 0) is 55.7 Å². The first-order valence-electron chi connectivity index (χ1n) is 10.6. The zero-order chi connectivity index (χ0) is 21.8. The van der Waals surface area contributed by atoms with Gasteiger partial charge >= 0.3 is 0 Å². The van der Waals surface area contributed by atoms with E-state index in [9.17, 15) is 14.4 Å². The number of hydrogen-bond donors (Lipinski definition) is 1. The second-order valence-corrected chi connectivity index (χ2v) is 7.82. The van der Waals surface area contributed by atoms with Crippen molar-refractivity contribution in [2.45, 2.75) is 26.2 Å². The van der Waals surface area contributed by atoms with Gasteiger partial charge in [-0.2, -0.15) is 0 Å². The molecular formula is C24H26N2O5. The third-order valence-corrected chi connectivity index (χ3v) is 5.71. The molecule has 0 radical (unpaired) electrons. The summed E-state index contributed by atoms with van der Waals surface area (Å²) in [5.41, 5.74) is 2.04. The van der Waals surface area contributed by atoms with E-state index >= 15 is 0 Å². The van der Waals surface area contributed by atoms with E-state index in [4.69, 9.17) is 9.47 Å². The molecule has 2 aromatic rings. The van der Waals surface area contributed by atoms with Crippen molar-refractivity contribution in [2.75, 3.05) is 31.6 Å². The number of likely N-dealkylation sites (tertiary alicyclic amines) is 1. The summed E-state index contributed by atoms with van der Waals surface area (Å²) in [4.78, 5) is 39.0. The minimum atomic E-state index is -0.226. The summed E-state index contributed by atoms with van der Waals surface area (Å²) in [7, 11) is 0. The monoisotopic (exact) mass is 422 g/mol. The Hall–Kier alpha value is -3.35. The smallest absolute Gasteiger partial charge is 0.262 e. The van der Waals surface area contributed by atoms with Gasteiger partial charge in [0.05, 0.1) is 18.7 Å². The van der Waals surface area contributed by atoms with Crippen molar-refractivity contribution in [3.05, 3.63) is 53.6 Å². The van der Waals surface area contributed by atoms with Gasteiger partial charge in [0, 0.05) is 24.6 Å². The molecule has 0 atom stereocenters. The Kier molecular flexibility index (Phi) is 6.21. The van der Waals surface area contributed by atoms with Crippen molar-refractivity contribution >= 4 is 23.3 Å². The van der Waals surface area contributed by atoms with E-state index in [1.165, 1.54) is 0 Å². The second-order valence-electron chi connectivity index (χ2n) is 7.82. The average Bonchev–Trinajstić information content (AvgIpc) is 2.79. The molecule has 2 heterocycles. The highest BCUT2D eigenvalue weighted by Crippen LogP contribution is 2.31. The SMILES string of the molecule is CCOc1ccc(CC(=O)N2CCC(C(=O)c3ccc4c(c3)NC(=O)CO4)CC2)cc1. The van der Waals surface area contributed by atoms with Crippen molar-refractivity contribution in [1.82, 2.24) is 4.90 Å². The first-order valence-corrected chi connectivity index (χ1v) is 10.6. The lowest BCUT2D eigenvalue weighted by molar-refractivity contribution is -0.131. The second kappa shape index (κ2) is 9.20. The fourth-order valence-electron chi connectivity index (χ4n) is 4.02. The number of rotatable bonds is 6. The van der Waals surface area contributed by atoms with Gasteiger partial charge in [0.25, 0.3) is 5.91 Å². The van der Waals surface area contributed by atoms with Crippen LogP contribution in [-0.4, -0.2) is 48.8 Å². The summed E-state index contributed by atoms with van der Waals surface area (Å²) in [5.74, 6) is 1.13. The van der Waals surface area contributed by atoms with Gasteiger partial charge in [0.15, 0.2) is 12.4 Å². The Morgan fingerprint density at radius 3 is 2.58 bits per heavy atom. The molecule has 0 bridgehead atoms. The van der Waals surface area contributed by atoms with E-state index in [2.05, 4.69) is 5.32 Å². The van der Waals surface area contributed by atoms with Crippen LogP contribution in [0.1, 0.15) is 35.7 Å². The number of ether oxygens (including phenoxy) is 2. The Bertz CT molecular complexity index is 978. The number of ketones is 1. The predicted molar refractivity (Wildman–Crippen MR) is 116 cm³/mol. The lowest BCUT2D eigenvalue weighted by Gasteiger charge is -2.31. The maximum Gasteiger partial charge on any atom is 0.262 e. The van der Waals surface area contributed by atoms with Gasteiger partial charge in [-0.1, -0.05) is 12.1 Å². The van der Waals surface area contributed by atoms with E-state index in [0.29, 0.717) is 56.0 Å². The molecule has 1 N–H and O–H groups in total. The summed E-state index contributed by atoms with van der Waals surface area (Å²) in [6.45, 7) is 3.67. The van der Waals surface area contributed by atoms with E-state index in [0.717, 1.165) is 11.3 Å². The third-order valence-electron chi connectivity index (χ3n) is 5.71. The van der Waals surface area contributed by atoms with E-state index in [1.807, 2.05) is 36.1 Å². The molecule has 2 aromatic carbocycles. The number of carbonyl (C=O) groups excluding carboxylic acids is 3. The van der Waals surface area contributed by atoms with Crippen molar-refractivity contribution in [3.8, 4) is 11.5 Å². The Balaban J connectivity index is 1.32. The molecule has 1 saturated heterocycles. The van der Waals surface area contributed by atoms with E-state index in [1.54, 1.807) is 18.2 Å². The predicted octanol–water partition coefficient (Wildman–Crippen LogP) is 3.08. The first-order chi connectivity index (χ1) is 15.0. The summed E-state index contributed by atoms with van der Waals surface area (Å²) in [6, 6.07) is 12.7. The first kappa shape index (κ1) is 20.9. The maximum absolute atomic E-state index is 13.0. The lowest BCUT2D eigenvalue weighted by Crippen LogP contribution is -2.41. The normalized spacial score (nSPS) is 16.2. The molecule has 7 nitrogen and oxygen atoms in total. The number of hydrogen-bond acceptors (Lipinski definition) is 5. The number of fused-ring (bicyclic) bond motifs is 1. The van der Waals surface area contributed by atoms with Gasteiger partial charge in [-0.25, -0.2) is 0 Å². The quantitative estimate of drug-likeness (QED) is 0.723. The van der Waals surface area contributed by atoms with Crippen LogP contribution >= 0.6 is 0 Å². The number of nitrogens with one attached hydrogen (secondary N) is 1. The Labute approximate surface area is 181 Å². The van der Waals surface area contributed by atoms with Crippen LogP contribution in [0, 0.1) is 5.92 Å². The van der Waals surface area contributed by atoms with Gasteiger partial charge in [0.1, 0.15) is 11.5 Å². The van der Waals surface area contributed by atoms with E-state index < -0.39 is 0 Å². The number of amides is 2. The molecular weight excluding hydrogens is 396 g/mol. The Morgan fingerprint density at radius 1 is 1.13 bits per heavy atom. The molecule has 162 valence electrons. The topological polar surface area (TPSA) is 84.9 Å². The van der Waals surface area contributed by atoms with Crippen LogP contribution in [0.4, 0.5) is 5.69 Å². The van der Waals surface area contributed by atoms with Crippen molar-refractivity contribution < 1.29 is 23.9 Å². The van der Waals surface area contributed by atoms with Crippen LogP contribution in [0.5, 0.6) is 11.5 Å². The molecule has 2 aliphatic rings. The molecule has 1 fully saturated rings. The van der Waals surface area contributed by atoms with Crippen LogP contribution in [0.2, 0.25) is 0 Å². The van der Waals surface area contributed by atoms with Gasteiger partial charge in [-0.15, -0.1) is 0 Å². The van der Waals surface area contributed by atoms with Crippen LogP contribution in [0.25, 0.3) is 0 Å². The number of anilines is 1. The molecule has 4 rings (SSSR count). The third kappa shape index (κ3) is 4.87. The number of piperidine rings is 1. The summed E-state index contributed by atoms with van der Waals surface area (Å²) in [6.07, 6.45) is 1.61. The van der Waals surface area contributed by atoms with Gasteiger partial charge < -0.3 is 19.7 Å². The maximum atomic E-state index is 13.0. The van der Waals surface area contributed by atoms with Crippen LogP contribution in [0.15, 0.2) is 42.5 Å². The molecule has 7 heteroatoms. The highest BCUT2D eigenvalue weighted by atomic mass is 16.5. The van der Waals surface area contributed by atoms with Crippen molar-refractivity contribution in [3.63, 3.8) is 0 Å². The van der Waals surface area contributed by atoms with Crippen molar-refractivity contribution in [1.29, 1.82) is 0 Å². The number of nitrogens with zero attached hydrogens (tertiary/aromatic N) is 1. The summed E-state index contributed by atoms with van der Waals surface area (Å²) >= 11 is 0. The minimum Gasteiger partial charge on any atom is -0.494 e. The zero-order valence-electron chi connectivity index (χ0n) is 17.6.